The second-order valence-corrected chi connectivity index (χ2v) is 6.84. The number of rotatable bonds is 5. The molecule has 2 N–H and O–H groups in total. The number of carbonyl (C=O) groups is 1. The first-order chi connectivity index (χ1) is 10.3. The maximum Gasteiger partial charge on any atom is 0.291 e. The van der Waals surface area contributed by atoms with Crippen LogP contribution in [0.5, 0.6) is 0 Å². The maximum atomic E-state index is 13.5. The molecule has 2 rings (SSSR count). The van der Waals surface area contributed by atoms with Gasteiger partial charge in [0.05, 0.1) is 5.69 Å². The number of amides is 1. The molecule has 0 spiro atoms. The van der Waals surface area contributed by atoms with Crippen LogP contribution in [-0.4, -0.2) is 24.5 Å². The summed E-state index contributed by atoms with van der Waals surface area (Å²) in [6.07, 6.45) is 0.195. The second kappa shape index (κ2) is 6.32. The molecule has 0 aliphatic rings. The lowest BCUT2D eigenvalue weighted by Crippen LogP contribution is -2.13. The Kier molecular flexibility index (Phi) is 4.66. The summed E-state index contributed by atoms with van der Waals surface area (Å²) in [7, 11) is -4.19. The molecule has 0 radical (unpaired) electrons. The average molecular weight is 348 g/mol. The molecular weight excluding hydrogens is 338 g/mol. The van der Waals surface area contributed by atoms with Crippen molar-refractivity contribution in [2.24, 2.45) is 0 Å². The second-order valence-electron chi connectivity index (χ2n) is 4.00. The van der Waals surface area contributed by atoms with Crippen molar-refractivity contribution in [2.45, 2.75) is 17.7 Å². The normalized spacial score (nSPS) is 11.2. The lowest BCUT2D eigenvalue weighted by atomic mass is 10.3. The summed E-state index contributed by atoms with van der Waals surface area (Å²) in [5.41, 5.74) is -0.421. The fourth-order valence-corrected chi connectivity index (χ4v) is 3.32. The quantitative estimate of drug-likeness (QED) is 0.805. The van der Waals surface area contributed by atoms with E-state index < -0.39 is 31.7 Å². The maximum absolute atomic E-state index is 13.5. The molecule has 22 heavy (non-hydrogen) atoms. The summed E-state index contributed by atoms with van der Waals surface area (Å²) >= 11 is 0.611. The van der Waals surface area contributed by atoms with E-state index in [9.17, 15) is 22.0 Å². The monoisotopic (exact) mass is 348 g/mol. The first-order valence-corrected chi connectivity index (χ1v) is 8.23. The zero-order valence-corrected chi connectivity index (χ0v) is 12.8. The predicted molar refractivity (Wildman–Crippen MR) is 76.0 cm³/mol. The van der Waals surface area contributed by atoms with Crippen molar-refractivity contribution < 1.29 is 22.0 Å². The molecule has 0 saturated heterocycles. The Hall–Kier alpha value is -2.14. The number of nitrogens with zero attached hydrogens (tertiary/aromatic N) is 2. The number of sulfonamides is 1. The van der Waals surface area contributed by atoms with Crippen LogP contribution in [0.4, 0.5) is 19.6 Å². The van der Waals surface area contributed by atoms with Gasteiger partial charge in [-0.15, -0.1) is 10.2 Å². The third-order valence-corrected chi connectivity index (χ3v) is 4.95. The molecule has 0 saturated carbocycles. The Morgan fingerprint density at radius 3 is 2.68 bits per heavy atom. The van der Waals surface area contributed by atoms with Gasteiger partial charge in [0.15, 0.2) is 0 Å². The standard InChI is InChI=1S/C11H10F2N4O3S2/c1-2-9(18)14-10-15-16-11(21-10)22(19,20)17-8-4-3-6(12)5-7(8)13/h3-5,17H,2H2,1H3,(H,14,15,18). The van der Waals surface area contributed by atoms with Crippen molar-refractivity contribution in [2.75, 3.05) is 10.0 Å². The van der Waals surface area contributed by atoms with Crippen molar-refractivity contribution in [3.8, 4) is 0 Å². The van der Waals surface area contributed by atoms with Crippen molar-refractivity contribution >= 4 is 38.1 Å². The average Bonchev–Trinajstić information content (AvgIpc) is 2.91. The molecule has 7 nitrogen and oxygen atoms in total. The van der Waals surface area contributed by atoms with Crippen molar-refractivity contribution in [3.05, 3.63) is 29.8 Å². The van der Waals surface area contributed by atoms with Gasteiger partial charge in [-0.05, 0) is 12.1 Å². The molecule has 0 fully saturated rings. The van der Waals surface area contributed by atoms with Gasteiger partial charge in [-0.25, -0.2) is 8.78 Å². The van der Waals surface area contributed by atoms with Gasteiger partial charge >= 0.3 is 0 Å². The van der Waals surface area contributed by atoms with E-state index in [1.807, 2.05) is 4.72 Å². The Morgan fingerprint density at radius 1 is 1.32 bits per heavy atom. The minimum Gasteiger partial charge on any atom is -0.301 e. The van der Waals surface area contributed by atoms with E-state index in [0.717, 1.165) is 12.1 Å². The van der Waals surface area contributed by atoms with E-state index in [4.69, 9.17) is 0 Å². The van der Waals surface area contributed by atoms with Crippen LogP contribution < -0.4 is 10.0 Å². The lowest BCUT2D eigenvalue weighted by Gasteiger charge is -2.05. The number of hydrogen-bond acceptors (Lipinski definition) is 6. The highest BCUT2D eigenvalue weighted by Gasteiger charge is 2.22. The third-order valence-electron chi connectivity index (χ3n) is 2.38. The molecule has 2 aromatic rings. The first-order valence-electron chi connectivity index (χ1n) is 5.93. The molecule has 0 unspecified atom stereocenters. The van der Waals surface area contributed by atoms with Gasteiger partial charge in [0.25, 0.3) is 14.4 Å². The summed E-state index contributed by atoms with van der Waals surface area (Å²) < 4.78 is 51.8. The molecule has 1 aromatic carbocycles. The molecule has 0 aliphatic carbocycles. The third kappa shape index (κ3) is 3.74. The van der Waals surface area contributed by atoms with Crippen LogP contribution >= 0.6 is 11.3 Å². The van der Waals surface area contributed by atoms with E-state index in [0.29, 0.717) is 17.4 Å². The SMILES string of the molecule is CCC(=O)Nc1nnc(S(=O)(=O)Nc2ccc(F)cc2F)s1. The molecule has 0 aliphatic heterocycles. The van der Waals surface area contributed by atoms with Crippen molar-refractivity contribution in [1.82, 2.24) is 10.2 Å². The van der Waals surface area contributed by atoms with Gasteiger partial charge in [-0.1, -0.05) is 18.3 Å². The number of benzene rings is 1. The van der Waals surface area contributed by atoms with Gasteiger partial charge in [0, 0.05) is 12.5 Å². The van der Waals surface area contributed by atoms with Crippen LogP contribution in [0.2, 0.25) is 0 Å². The number of carbonyl (C=O) groups excluding carboxylic acids is 1. The topological polar surface area (TPSA) is 101 Å². The van der Waals surface area contributed by atoms with E-state index in [1.54, 1.807) is 6.92 Å². The molecule has 0 bridgehead atoms. The summed E-state index contributed by atoms with van der Waals surface area (Å²) in [5, 5.41) is 9.30. The van der Waals surface area contributed by atoms with Gasteiger partial charge in [-0.2, -0.15) is 8.42 Å². The molecule has 1 amide bonds. The number of halogens is 2. The fraction of sp³-hybridized carbons (Fsp3) is 0.182. The highest BCUT2D eigenvalue weighted by molar-refractivity contribution is 7.94. The van der Waals surface area contributed by atoms with Crippen LogP contribution in [0.1, 0.15) is 13.3 Å². The number of nitrogens with one attached hydrogen (secondary N) is 2. The van der Waals surface area contributed by atoms with E-state index >= 15 is 0 Å². The zero-order chi connectivity index (χ0) is 16.3. The molecule has 11 heteroatoms. The minimum atomic E-state index is -4.19. The number of aromatic nitrogens is 2. The Morgan fingerprint density at radius 2 is 2.05 bits per heavy atom. The minimum absolute atomic E-state index is 0.00630. The molecule has 1 aromatic heterocycles. The highest BCUT2D eigenvalue weighted by atomic mass is 32.2. The van der Waals surface area contributed by atoms with Crippen molar-refractivity contribution in [1.29, 1.82) is 0 Å². The Labute approximate surface area is 128 Å². The number of hydrogen-bond donors (Lipinski definition) is 2. The van der Waals surface area contributed by atoms with Gasteiger partial charge in [0.1, 0.15) is 11.6 Å². The first kappa shape index (κ1) is 16.2. The smallest absolute Gasteiger partial charge is 0.291 e. The number of anilines is 2. The summed E-state index contributed by atoms with van der Waals surface area (Å²) in [6.45, 7) is 1.62. The van der Waals surface area contributed by atoms with Crippen LogP contribution in [0.3, 0.4) is 0 Å². The van der Waals surface area contributed by atoms with Crippen LogP contribution in [0.15, 0.2) is 22.5 Å². The Balaban J connectivity index is 2.21. The van der Waals surface area contributed by atoms with E-state index in [1.165, 1.54) is 0 Å². The molecule has 1 heterocycles. The predicted octanol–water partition coefficient (Wildman–Crippen LogP) is 1.97. The largest absolute Gasteiger partial charge is 0.301 e. The van der Waals surface area contributed by atoms with Gasteiger partial charge < -0.3 is 5.32 Å². The molecular formula is C11H10F2N4O3S2. The van der Waals surface area contributed by atoms with Crippen LogP contribution in [-0.2, 0) is 14.8 Å². The summed E-state index contributed by atoms with van der Waals surface area (Å²) in [5.74, 6) is -2.24. The summed E-state index contributed by atoms with van der Waals surface area (Å²) in [4.78, 5) is 11.2. The van der Waals surface area contributed by atoms with E-state index in [2.05, 4.69) is 15.5 Å². The zero-order valence-electron chi connectivity index (χ0n) is 11.1. The summed E-state index contributed by atoms with van der Waals surface area (Å²) in [6, 6.07) is 2.40. The van der Waals surface area contributed by atoms with Crippen LogP contribution in [0.25, 0.3) is 0 Å². The van der Waals surface area contributed by atoms with E-state index in [-0.39, 0.29) is 17.5 Å². The lowest BCUT2D eigenvalue weighted by molar-refractivity contribution is -0.115. The highest BCUT2D eigenvalue weighted by Crippen LogP contribution is 2.24. The Bertz CT molecular complexity index is 807. The van der Waals surface area contributed by atoms with Gasteiger partial charge in [-0.3, -0.25) is 9.52 Å². The van der Waals surface area contributed by atoms with Gasteiger partial charge in [0.2, 0.25) is 11.0 Å². The molecule has 118 valence electrons. The van der Waals surface area contributed by atoms with Crippen LogP contribution in [0, 0.1) is 11.6 Å². The fourth-order valence-electron chi connectivity index (χ4n) is 1.34. The molecule has 0 atom stereocenters. The van der Waals surface area contributed by atoms with Crippen molar-refractivity contribution in [3.63, 3.8) is 0 Å².